The van der Waals surface area contributed by atoms with Crippen LogP contribution >= 0.6 is 0 Å². The molecule has 5 heteroatoms. The molecule has 1 aliphatic carbocycles. The average molecular weight is 346 g/mol. The maximum atomic E-state index is 9.37. The van der Waals surface area contributed by atoms with Crippen LogP contribution in [0.2, 0.25) is 0 Å². The van der Waals surface area contributed by atoms with Gasteiger partial charge in [-0.15, -0.1) is 6.92 Å². The van der Waals surface area contributed by atoms with Crippen molar-refractivity contribution in [1.82, 2.24) is 0 Å². The molecular formula is C17H30O4Ti. The number of carboxylic acid groups (broad SMARTS) is 2. The van der Waals surface area contributed by atoms with Crippen LogP contribution in [0.25, 0.3) is 0 Å². The molecule has 0 radical (unpaired) electrons. The Bertz CT molecular complexity index is 393. The molecule has 0 heterocycles. The van der Waals surface area contributed by atoms with Gasteiger partial charge in [0.2, 0.25) is 0 Å². The van der Waals surface area contributed by atoms with E-state index in [0.29, 0.717) is 0 Å². The fourth-order valence-electron chi connectivity index (χ4n) is 1.41. The summed E-state index contributed by atoms with van der Waals surface area (Å²) in [6.45, 7) is 14.1. The third-order valence-electron chi connectivity index (χ3n) is 3.17. The smallest absolute Gasteiger partial charge is 0.481 e. The number of rotatable bonds is 2. The van der Waals surface area contributed by atoms with Crippen molar-refractivity contribution in [3.05, 3.63) is 30.2 Å². The molecule has 22 heavy (non-hydrogen) atoms. The number of hydrogen-bond donors (Lipinski definition) is 2. The zero-order valence-corrected chi connectivity index (χ0v) is 16.7. The summed E-state index contributed by atoms with van der Waals surface area (Å²) in [6, 6.07) is 0. The van der Waals surface area contributed by atoms with Crippen molar-refractivity contribution < 1.29 is 41.5 Å². The summed E-state index contributed by atoms with van der Waals surface area (Å²) in [5.41, 5.74) is 4.39. The molecule has 0 aromatic rings. The van der Waals surface area contributed by atoms with Crippen LogP contribution in [0.1, 0.15) is 61.3 Å². The average Bonchev–Trinajstić information content (AvgIpc) is 2.53. The van der Waals surface area contributed by atoms with Gasteiger partial charge in [-0.2, -0.15) is 11.1 Å². The molecule has 4 nitrogen and oxygen atoms in total. The quantitative estimate of drug-likeness (QED) is 0.569. The minimum atomic E-state index is -0.745. The zero-order chi connectivity index (χ0) is 16.5. The summed E-state index contributed by atoms with van der Waals surface area (Å²) < 4.78 is 0. The summed E-state index contributed by atoms with van der Waals surface area (Å²) >= 11 is 0. The Kier molecular flexibility index (Phi) is 18.3. The van der Waals surface area contributed by atoms with Crippen LogP contribution in [0.5, 0.6) is 0 Å². The van der Waals surface area contributed by atoms with E-state index in [1.807, 2.05) is 0 Å². The monoisotopic (exact) mass is 346 g/mol. The van der Waals surface area contributed by atoms with Gasteiger partial charge in [-0.25, -0.2) is 5.57 Å². The number of hydrogen-bond acceptors (Lipinski definition) is 2. The number of carbonyl (C=O) groups is 2. The van der Waals surface area contributed by atoms with Crippen LogP contribution in [0.15, 0.2) is 16.7 Å². The molecule has 2 N–H and O–H groups in total. The van der Waals surface area contributed by atoms with E-state index in [-0.39, 0.29) is 47.4 Å². The van der Waals surface area contributed by atoms with Gasteiger partial charge in [0.1, 0.15) is 0 Å². The minimum Gasteiger partial charge on any atom is -0.481 e. The second kappa shape index (κ2) is 13.8. The van der Waals surface area contributed by atoms with E-state index in [4.69, 9.17) is 10.2 Å². The van der Waals surface area contributed by atoms with E-state index in [1.165, 1.54) is 16.7 Å². The summed E-state index contributed by atoms with van der Waals surface area (Å²) in [5, 5.41) is 15.4. The molecule has 0 amide bonds. The maximum absolute atomic E-state index is 9.37. The third kappa shape index (κ3) is 12.8. The van der Waals surface area contributed by atoms with Crippen LogP contribution in [0.3, 0.4) is 0 Å². The van der Waals surface area contributed by atoms with Gasteiger partial charge in [-0.05, 0) is 0 Å². The molecule has 1 rings (SSSR count). The summed E-state index contributed by atoms with van der Waals surface area (Å²) in [7, 11) is 0. The normalized spacial score (nSPS) is 14.0. The molecule has 126 valence electrons. The van der Waals surface area contributed by atoms with Gasteiger partial charge >= 0.3 is 33.7 Å². The van der Waals surface area contributed by atoms with E-state index in [0.717, 1.165) is 0 Å². The number of aliphatic carboxylic acids is 2. The summed E-state index contributed by atoms with van der Waals surface area (Å²) in [4.78, 5) is 18.7. The number of allylic oxidation sites excluding steroid dienone is 4. The molecule has 0 unspecified atom stereocenters. The molecule has 0 spiro atoms. The van der Waals surface area contributed by atoms with Crippen molar-refractivity contribution in [2.45, 2.75) is 61.3 Å². The van der Waals surface area contributed by atoms with Crippen LogP contribution in [-0.2, 0) is 31.3 Å². The van der Waals surface area contributed by atoms with Gasteiger partial charge in [-0.3, -0.25) is 15.7 Å². The predicted octanol–water partition coefficient (Wildman–Crippen LogP) is 4.52. The SMILES string of the molecule is CC1=[C-]C(C)(C)C(C)=C1C.CCC(=O)O.CCC(=O)O.[CH3-].[Ti+2]. The van der Waals surface area contributed by atoms with Gasteiger partial charge in [0.05, 0.1) is 0 Å². The molecule has 0 aliphatic heterocycles. The van der Waals surface area contributed by atoms with Gasteiger partial charge in [0, 0.05) is 12.8 Å². The summed E-state index contributed by atoms with van der Waals surface area (Å²) in [5.74, 6) is -1.49. The Morgan fingerprint density at radius 2 is 1.27 bits per heavy atom. The standard InChI is InChI=1S/C10H15.2C3H6O2.CH3.Ti/c1-7-6-10(4,5)9(3)8(7)2;2*1-2-3(4)5;;/h1-5H3;2*2H2,1H3,(H,4,5);1H3;/q-1;;;-1;+2. The number of carboxylic acids is 2. The molecule has 0 aromatic heterocycles. The first-order valence-corrected chi connectivity index (χ1v) is 6.73. The van der Waals surface area contributed by atoms with E-state index in [2.05, 4.69) is 40.7 Å². The largest absolute Gasteiger partial charge is 2.00 e. The molecule has 0 bridgehead atoms. The Morgan fingerprint density at radius 3 is 1.32 bits per heavy atom. The van der Waals surface area contributed by atoms with Crippen molar-refractivity contribution in [2.24, 2.45) is 5.41 Å². The Morgan fingerprint density at radius 1 is 1.00 bits per heavy atom. The molecule has 0 saturated carbocycles. The van der Waals surface area contributed by atoms with Crippen LogP contribution in [0, 0.1) is 18.9 Å². The molecule has 1 aliphatic rings. The first kappa shape index (κ1) is 29.2. The zero-order valence-electron chi connectivity index (χ0n) is 15.1. The predicted molar refractivity (Wildman–Crippen MR) is 86.9 cm³/mol. The van der Waals surface area contributed by atoms with Gasteiger partial charge < -0.3 is 17.6 Å². The fourth-order valence-corrected chi connectivity index (χ4v) is 1.41. The van der Waals surface area contributed by atoms with Gasteiger partial charge in [-0.1, -0.05) is 47.0 Å². The van der Waals surface area contributed by atoms with E-state index >= 15 is 0 Å². The Balaban J connectivity index is -0.000000117. The van der Waals surface area contributed by atoms with Crippen LogP contribution in [-0.4, -0.2) is 22.2 Å². The van der Waals surface area contributed by atoms with E-state index < -0.39 is 11.9 Å². The van der Waals surface area contributed by atoms with Gasteiger partial charge in [0.25, 0.3) is 0 Å². The van der Waals surface area contributed by atoms with Crippen molar-refractivity contribution >= 4 is 11.9 Å². The fraction of sp³-hybridized carbons (Fsp3) is 0.588. The maximum Gasteiger partial charge on any atom is 2.00 e. The molecular weight excluding hydrogens is 316 g/mol. The van der Waals surface area contributed by atoms with Crippen LogP contribution < -0.4 is 0 Å². The minimum absolute atomic E-state index is 0. The molecule has 0 fully saturated rings. The summed E-state index contributed by atoms with van der Waals surface area (Å²) in [6.07, 6.45) is 3.88. The first-order valence-electron chi connectivity index (χ1n) is 6.73. The second-order valence-electron chi connectivity index (χ2n) is 5.12. The van der Waals surface area contributed by atoms with E-state index in [9.17, 15) is 9.59 Å². The van der Waals surface area contributed by atoms with Crippen molar-refractivity contribution in [3.8, 4) is 0 Å². The Hall–Kier alpha value is -0.866. The van der Waals surface area contributed by atoms with Crippen LogP contribution in [0.4, 0.5) is 0 Å². The van der Waals surface area contributed by atoms with Crippen molar-refractivity contribution in [3.63, 3.8) is 0 Å². The van der Waals surface area contributed by atoms with Crippen molar-refractivity contribution in [2.75, 3.05) is 0 Å². The van der Waals surface area contributed by atoms with Gasteiger partial charge in [0.15, 0.2) is 0 Å². The topological polar surface area (TPSA) is 74.6 Å². The van der Waals surface area contributed by atoms with Crippen molar-refractivity contribution in [1.29, 1.82) is 0 Å². The molecule has 0 atom stereocenters. The first-order chi connectivity index (χ1) is 8.99. The molecule has 0 aromatic carbocycles. The Labute approximate surface area is 150 Å². The second-order valence-corrected chi connectivity index (χ2v) is 5.12. The van der Waals surface area contributed by atoms with E-state index in [1.54, 1.807) is 13.8 Å². The molecule has 0 saturated heterocycles. The third-order valence-corrected chi connectivity index (χ3v) is 3.17.